The molecule has 2 rings (SSSR count). The van der Waals surface area contributed by atoms with E-state index in [1.165, 1.54) is 19.2 Å². The van der Waals surface area contributed by atoms with Crippen molar-refractivity contribution in [3.8, 4) is 11.5 Å². The molecule has 0 aromatic heterocycles. The van der Waals surface area contributed by atoms with Crippen LogP contribution >= 0.6 is 12.2 Å². The number of hydrogen-bond acceptors (Lipinski definition) is 7. The van der Waals surface area contributed by atoms with Gasteiger partial charge in [-0.15, -0.1) is 0 Å². The number of benzene rings is 2. The molecule has 2 aromatic rings. The maximum absolute atomic E-state index is 12.3. The summed E-state index contributed by atoms with van der Waals surface area (Å²) in [6, 6.07) is 10.7. The molecule has 0 saturated heterocycles. The van der Waals surface area contributed by atoms with Gasteiger partial charge in [0, 0.05) is 12.7 Å². The molecule has 0 spiro atoms. The van der Waals surface area contributed by atoms with Gasteiger partial charge < -0.3 is 19.5 Å². The van der Waals surface area contributed by atoms with E-state index in [9.17, 15) is 14.9 Å². The zero-order chi connectivity index (χ0) is 20.5. The number of nitrogens with zero attached hydrogens (tertiary/aromatic N) is 1. The zero-order valence-corrected chi connectivity index (χ0v) is 16.1. The average Bonchev–Trinajstić information content (AvgIpc) is 2.68. The normalized spacial score (nSPS) is 10.1. The minimum Gasteiger partial charge on any atom is -0.496 e. The summed E-state index contributed by atoms with van der Waals surface area (Å²) in [5.41, 5.74) is 0.263. The van der Waals surface area contributed by atoms with Crippen LogP contribution in [0.4, 0.5) is 11.4 Å². The second-order valence-electron chi connectivity index (χ2n) is 5.41. The third kappa shape index (κ3) is 5.89. The van der Waals surface area contributed by atoms with Gasteiger partial charge in [-0.25, -0.2) is 0 Å². The second kappa shape index (κ2) is 10.2. The fraction of sp³-hybridized carbons (Fsp3) is 0.222. The summed E-state index contributed by atoms with van der Waals surface area (Å²) in [5, 5.41) is 16.3. The van der Waals surface area contributed by atoms with Gasteiger partial charge >= 0.3 is 0 Å². The highest BCUT2D eigenvalue weighted by Crippen LogP contribution is 2.28. The van der Waals surface area contributed by atoms with E-state index in [1.807, 2.05) is 0 Å². The summed E-state index contributed by atoms with van der Waals surface area (Å²) in [6.07, 6.45) is 0. The van der Waals surface area contributed by atoms with Gasteiger partial charge in [0.1, 0.15) is 23.8 Å². The van der Waals surface area contributed by atoms with Crippen molar-refractivity contribution < 1.29 is 23.9 Å². The van der Waals surface area contributed by atoms with Gasteiger partial charge in [-0.05, 0) is 48.6 Å². The van der Waals surface area contributed by atoms with Crippen LogP contribution in [0.2, 0.25) is 0 Å². The summed E-state index contributed by atoms with van der Waals surface area (Å²) in [6.45, 7) is 0.858. The molecule has 0 saturated carbocycles. The highest BCUT2D eigenvalue weighted by atomic mass is 32.1. The largest absolute Gasteiger partial charge is 0.496 e. The predicted molar refractivity (Wildman–Crippen MR) is 107 cm³/mol. The van der Waals surface area contributed by atoms with Gasteiger partial charge in [-0.3, -0.25) is 20.2 Å². The van der Waals surface area contributed by atoms with Crippen LogP contribution in [0.5, 0.6) is 11.5 Å². The lowest BCUT2D eigenvalue weighted by molar-refractivity contribution is -0.384. The lowest BCUT2D eigenvalue weighted by atomic mass is 10.2. The smallest absolute Gasteiger partial charge is 0.296 e. The summed E-state index contributed by atoms with van der Waals surface area (Å²) in [4.78, 5) is 22.9. The molecule has 148 valence electrons. The highest BCUT2D eigenvalue weighted by molar-refractivity contribution is 7.80. The molecular weight excluding hydrogens is 386 g/mol. The molecule has 0 radical (unpaired) electrons. The lowest BCUT2D eigenvalue weighted by Gasteiger charge is -2.11. The van der Waals surface area contributed by atoms with Crippen LogP contribution in [0, 0.1) is 10.1 Å². The van der Waals surface area contributed by atoms with Crippen LogP contribution in [0.15, 0.2) is 42.5 Å². The van der Waals surface area contributed by atoms with E-state index in [1.54, 1.807) is 37.4 Å². The molecule has 0 bridgehead atoms. The van der Waals surface area contributed by atoms with Crippen molar-refractivity contribution in [2.75, 3.05) is 32.8 Å². The first kappa shape index (κ1) is 21.1. The molecule has 0 aliphatic heterocycles. The molecule has 28 heavy (non-hydrogen) atoms. The zero-order valence-electron chi connectivity index (χ0n) is 15.3. The first-order valence-electron chi connectivity index (χ1n) is 8.11. The van der Waals surface area contributed by atoms with Crippen LogP contribution in [-0.2, 0) is 4.74 Å². The number of carbonyl (C=O) groups is 1. The van der Waals surface area contributed by atoms with Gasteiger partial charge in [0.05, 0.1) is 24.7 Å². The molecule has 2 N–H and O–H groups in total. The van der Waals surface area contributed by atoms with Crippen molar-refractivity contribution in [3.63, 3.8) is 0 Å². The van der Waals surface area contributed by atoms with Crippen LogP contribution < -0.4 is 20.1 Å². The minimum atomic E-state index is -0.572. The van der Waals surface area contributed by atoms with Gasteiger partial charge in [-0.2, -0.15) is 0 Å². The molecule has 0 aliphatic carbocycles. The second-order valence-corrected chi connectivity index (χ2v) is 5.82. The average molecular weight is 405 g/mol. The maximum atomic E-state index is 12.3. The third-order valence-corrected chi connectivity index (χ3v) is 3.75. The topological polar surface area (TPSA) is 112 Å². The van der Waals surface area contributed by atoms with E-state index in [-0.39, 0.29) is 16.5 Å². The Hall–Kier alpha value is -3.24. The van der Waals surface area contributed by atoms with Crippen molar-refractivity contribution in [1.82, 2.24) is 5.32 Å². The number of anilines is 1. The molecule has 0 fully saturated rings. The Labute approximate surface area is 166 Å². The van der Waals surface area contributed by atoms with Crippen LogP contribution in [0.25, 0.3) is 0 Å². The lowest BCUT2D eigenvalue weighted by Crippen LogP contribution is -2.34. The molecule has 0 aliphatic rings. The monoisotopic (exact) mass is 405 g/mol. The van der Waals surface area contributed by atoms with Crippen molar-refractivity contribution in [3.05, 3.63) is 58.1 Å². The number of nitro groups is 1. The standard InChI is InChI=1S/C18H19N3O6S/c1-25-9-10-27-13-5-3-12(4-6-13)17(22)20-18(28)19-15-8-7-14(26-2)11-16(15)21(23)24/h3-8,11H,9-10H2,1-2H3,(H2,19,20,22,28). The Morgan fingerprint density at radius 1 is 1.11 bits per heavy atom. The van der Waals surface area contributed by atoms with Crippen molar-refractivity contribution in [1.29, 1.82) is 0 Å². The van der Waals surface area contributed by atoms with Gasteiger partial charge in [0.25, 0.3) is 11.6 Å². The Morgan fingerprint density at radius 3 is 2.39 bits per heavy atom. The molecule has 0 heterocycles. The highest BCUT2D eigenvalue weighted by Gasteiger charge is 2.17. The number of hydrogen-bond donors (Lipinski definition) is 2. The quantitative estimate of drug-likeness (QED) is 0.298. The Kier molecular flexibility index (Phi) is 7.66. The molecule has 10 heteroatoms. The van der Waals surface area contributed by atoms with Crippen molar-refractivity contribution in [2.45, 2.75) is 0 Å². The first-order chi connectivity index (χ1) is 13.4. The number of nitro benzene ring substituents is 1. The molecule has 0 unspecified atom stereocenters. The van der Waals surface area contributed by atoms with E-state index in [4.69, 9.17) is 26.4 Å². The molecule has 0 atom stereocenters. The Morgan fingerprint density at radius 2 is 1.79 bits per heavy atom. The summed E-state index contributed by atoms with van der Waals surface area (Å²) in [5.74, 6) is 0.472. The molecule has 9 nitrogen and oxygen atoms in total. The SMILES string of the molecule is COCCOc1ccc(C(=O)NC(=S)Nc2ccc(OC)cc2[N+](=O)[O-])cc1. The van der Waals surface area contributed by atoms with Gasteiger partial charge in [0.2, 0.25) is 0 Å². The Bertz CT molecular complexity index is 857. The number of amides is 1. The van der Waals surface area contributed by atoms with E-state index < -0.39 is 10.8 Å². The van der Waals surface area contributed by atoms with Crippen molar-refractivity contribution in [2.24, 2.45) is 0 Å². The van der Waals surface area contributed by atoms with Crippen molar-refractivity contribution >= 4 is 34.6 Å². The molecule has 2 aromatic carbocycles. The number of carbonyl (C=O) groups excluding carboxylic acids is 1. The number of rotatable bonds is 8. The fourth-order valence-electron chi connectivity index (χ4n) is 2.17. The van der Waals surface area contributed by atoms with Gasteiger partial charge in [-0.1, -0.05) is 0 Å². The summed E-state index contributed by atoms with van der Waals surface area (Å²) < 4.78 is 15.3. The van der Waals surface area contributed by atoms with E-state index >= 15 is 0 Å². The van der Waals surface area contributed by atoms with Crippen LogP contribution in [-0.4, -0.2) is 43.4 Å². The maximum Gasteiger partial charge on any atom is 0.296 e. The van der Waals surface area contributed by atoms with Crippen LogP contribution in [0.3, 0.4) is 0 Å². The fourth-order valence-corrected chi connectivity index (χ4v) is 2.37. The van der Waals surface area contributed by atoms with Crippen LogP contribution in [0.1, 0.15) is 10.4 Å². The summed E-state index contributed by atoms with van der Waals surface area (Å²) >= 11 is 5.08. The number of thiocarbonyl (C=S) groups is 1. The summed E-state index contributed by atoms with van der Waals surface area (Å²) in [7, 11) is 2.99. The third-order valence-electron chi connectivity index (χ3n) is 3.55. The number of methoxy groups -OCH3 is 2. The molecule has 1 amide bonds. The molecular formula is C18H19N3O6S. The predicted octanol–water partition coefficient (Wildman–Crippen LogP) is 2.76. The number of ether oxygens (including phenoxy) is 3. The Balaban J connectivity index is 1.99. The number of nitrogens with one attached hydrogen (secondary N) is 2. The van der Waals surface area contributed by atoms with E-state index in [2.05, 4.69) is 10.6 Å². The van der Waals surface area contributed by atoms with E-state index in [0.29, 0.717) is 30.3 Å². The van der Waals surface area contributed by atoms with Gasteiger partial charge in [0.15, 0.2) is 5.11 Å². The van der Waals surface area contributed by atoms with E-state index in [0.717, 1.165) is 0 Å². The first-order valence-corrected chi connectivity index (χ1v) is 8.52. The minimum absolute atomic E-state index is 0.0707.